The maximum atomic E-state index is 13.0. The van der Waals surface area contributed by atoms with Crippen LogP contribution >= 0.6 is 22.9 Å². The molecule has 1 aliphatic rings. The molecule has 1 aromatic heterocycles. The lowest BCUT2D eigenvalue weighted by Crippen LogP contribution is -2.40. The molecule has 116 valence electrons. The summed E-state index contributed by atoms with van der Waals surface area (Å²) in [5, 5.41) is 5.94. The quantitative estimate of drug-likeness (QED) is 0.929. The molecular formula is C15H15ClFN3OS. The average molecular weight is 340 g/mol. The maximum Gasteiger partial charge on any atom is 0.252 e. The SMILES string of the molecule is O=C(NCC1CCCN1c1nccs1)c1ccc(F)cc1Cl. The minimum atomic E-state index is -0.452. The Balaban J connectivity index is 1.63. The van der Waals surface area contributed by atoms with Crippen LogP contribution in [0.25, 0.3) is 0 Å². The van der Waals surface area contributed by atoms with Gasteiger partial charge in [-0.15, -0.1) is 11.3 Å². The zero-order valence-corrected chi connectivity index (χ0v) is 13.3. The molecule has 4 nitrogen and oxygen atoms in total. The number of thiazole rings is 1. The number of hydrogen-bond donors (Lipinski definition) is 1. The molecule has 2 aromatic rings. The molecule has 1 aliphatic heterocycles. The number of hydrogen-bond acceptors (Lipinski definition) is 4. The third-order valence-electron chi connectivity index (χ3n) is 3.72. The van der Waals surface area contributed by atoms with Gasteiger partial charge < -0.3 is 10.2 Å². The summed E-state index contributed by atoms with van der Waals surface area (Å²) in [5.74, 6) is -0.733. The minimum absolute atomic E-state index is 0.126. The van der Waals surface area contributed by atoms with E-state index < -0.39 is 5.82 Å². The molecule has 7 heteroatoms. The van der Waals surface area contributed by atoms with E-state index in [9.17, 15) is 9.18 Å². The number of rotatable bonds is 4. The highest BCUT2D eigenvalue weighted by molar-refractivity contribution is 7.13. The molecule has 0 spiro atoms. The highest BCUT2D eigenvalue weighted by Gasteiger charge is 2.26. The fourth-order valence-corrected chi connectivity index (χ4v) is 3.63. The smallest absolute Gasteiger partial charge is 0.252 e. The Kier molecular flexibility index (Phi) is 4.59. The van der Waals surface area contributed by atoms with Crippen LogP contribution in [-0.4, -0.2) is 30.0 Å². The Bertz CT molecular complexity index is 665. The molecule has 0 radical (unpaired) electrons. The third-order valence-corrected chi connectivity index (χ3v) is 4.84. The molecule has 1 fully saturated rings. The number of nitrogens with one attached hydrogen (secondary N) is 1. The summed E-state index contributed by atoms with van der Waals surface area (Å²) < 4.78 is 13.0. The number of anilines is 1. The van der Waals surface area contributed by atoms with Gasteiger partial charge in [-0.25, -0.2) is 9.37 Å². The zero-order valence-electron chi connectivity index (χ0n) is 11.8. The summed E-state index contributed by atoms with van der Waals surface area (Å²) in [7, 11) is 0. The van der Waals surface area contributed by atoms with E-state index in [1.165, 1.54) is 12.1 Å². The number of amides is 1. The van der Waals surface area contributed by atoms with Crippen molar-refractivity contribution >= 4 is 34.0 Å². The topological polar surface area (TPSA) is 45.2 Å². The van der Waals surface area contributed by atoms with Crippen LogP contribution in [0, 0.1) is 5.82 Å². The molecule has 3 rings (SSSR count). The fourth-order valence-electron chi connectivity index (χ4n) is 2.64. The Morgan fingerprint density at radius 3 is 3.14 bits per heavy atom. The van der Waals surface area contributed by atoms with Gasteiger partial charge in [-0.3, -0.25) is 4.79 Å². The molecule has 1 atom stereocenters. The van der Waals surface area contributed by atoms with E-state index in [0.717, 1.165) is 30.6 Å². The molecule has 1 unspecified atom stereocenters. The summed E-state index contributed by atoms with van der Waals surface area (Å²) in [5.41, 5.74) is 0.293. The van der Waals surface area contributed by atoms with E-state index in [1.54, 1.807) is 17.5 Å². The summed E-state index contributed by atoms with van der Waals surface area (Å²) in [6.07, 6.45) is 3.88. The Morgan fingerprint density at radius 1 is 1.55 bits per heavy atom. The third kappa shape index (κ3) is 3.23. The van der Waals surface area contributed by atoms with Gasteiger partial charge in [0.25, 0.3) is 5.91 Å². The van der Waals surface area contributed by atoms with E-state index in [2.05, 4.69) is 15.2 Å². The molecule has 2 heterocycles. The molecule has 0 saturated carbocycles. The van der Waals surface area contributed by atoms with Gasteiger partial charge in [0, 0.05) is 30.7 Å². The van der Waals surface area contributed by atoms with E-state index in [1.807, 2.05) is 5.38 Å². The minimum Gasteiger partial charge on any atom is -0.350 e. The monoisotopic (exact) mass is 339 g/mol. The van der Waals surface area contributed by atoms with Crippen LogP contribution in [0.15, 0.2) is 29.8 Å². The van der Waals surface area contributed by atoms with Crippen molar-refractivity contribution in [1.82, 2.24) is 10.3 Å². The van der Waals surface area contributed by atoms with Gasteiger partial charge in [-0.2, -0.15) is 0 Å². The second-order valence-corrected chi connectivity index (χ2v) is 6.42. The summed E-state index contributed by atoms with van der Waals surface area (Å²) in [4.78, 5) is 18.7. The summed E-state index contributed by atoms with van der Waals surface area (Å²) in [6, 6.07) is 4.01. The summed E-state index contributed by atoms with van der Waals surface area (Å²) in [6.45, 7) is 1.47. The highest BCUT2D eigenvalue weighted by Crippen LogP contribution is 2.27. The molecular weight excluding hydrogens is 325 g/mol. The first-order chi connectivity index (χ1) is 10.6. The predicted molar refractivity (Wildman–Crippen MR) is 86.2 cm³/mol. The van der Waals surface area contributed by atoms with E-state index >= 15 is 0 Å². The summed E-state index contributed by atoms with van der Waals surface area (Å²) >= 11 is 7.51. The number of halogens is 2. The Hall–Kier alpha value is -1.66. The number of nitrogens with zero attached hydrogens (tertiary/aromatic N) is 2. The van der Waals surface area contributed by atoms with Crippen molar-refractivity contribution in [2.45, 2.75) is 18.9 Å². The first-order valence-electron chi connectivity index (χ1n) is 7.04. The van der Waals surface area contributed by atoms with Gasteiger partial charge in [-0.1, -0.05) is 11.6 Å². The van der Waals surface area contributed by atoms with Crippen LogP contribution in [0.4, 0.5) is 9.52 Å². The average Bonchev–Trinajstić information content (AvgIpc) is 3.15. The van der Waals surface area contributed by atoms with Crippen LogP contribution < -0.4 is 10.2 Å². The van der Waals surface area contributed by atoms with Gasteiger partial charge in [0.15, 0.2) is 5.13 Å². The van der Waals surface area contributed by atoms with E-state index in [4.69, 9.17) is 11.6 Å². The van der Waals surface area contributed by atoms with Gasteiger partial charge in [-0.05, 0) is 31.0 Å². The molecule has 1 aromatic carbocycles. The number of carbonyl (C=O) groups is 1. The second kappa shape index (κ2) is 6.62. The Morgan fingerprint density at radius 2 is 2.41 bits per heavy atom. The highest BCUT2D eigenvalue weighted by atomic mass is 35.5. The van der Waals surface area contributed by atoms with Crippen molar-refractivity contribution in [1.29, 1.82) is 0 Å². The second-order valence-electron chi connectivity index (χ2n) is 5.14. The molecule has 0 bridgehead atoms. The van der Waals surface area contributed by atoms with E-state index in [0.29, 0.717) is 12.1 Å². The number of aromatic nitrogens is 1. The Labute approximate surface area is 136 Å². The fraction of sp³-hybridized carbons (Fsp3) is 0.333. The number of benzene rings is 1. The van der Waals surface area contributed by atoms with Crippen molar-refractivity contribution in [2.24, 2.45) is 0 Å². The van der Waals surface area contributed by atoms with Crippen molar-refractivity contribution in [3.05, 3.63) is 46.2 Å². The lowest BCUT2D eigenvalue weighted by atomic mass is 10.2. The van der Waals surface area contributed by atoms with Crippen LogP contribution in [-0.2, 0) is 0 Å². The number of carbonyl (C=O) groups excluding carboxylic acids is 1. The molecule has 0 aliphatic carbocycles. The normalized spacial score (nSPS) is 17.7. The molecule has 1 saturated heterocycles. The van der Waals surface area contributed by atoms with Crippen molar-refractivity contribution in [3.8, 4) is 0 Å². The standard InChI is InChI=1S/C15H15ClFN3OS/c16-13-8-10(17)3-4-12(13)14(21)19-9-11-2-1-6-20(11)15-18-5-7-22-15/h3-5,7-8,11H,1-2,6,9H2,(H,19,21). The maximum absolute atomic E-state index is 13.0. The van der Waals surface area contributed by atoms with Crippen LogP contribution in [0.2, 0.25) is 5.02 Å². The van der Waals surface area contributed by atoms with Gasteiger partial charge in [0.2, 0.25) is 0 Å². The van der Waals surface area contributed by atoms with Crippen molar-refractivity contribution < 1.29 is 9.18 Å². The van der Waals surface area contributed by atoms with Crippen LogP contribution in [0.3, 0.4) is 0 Å². The first-order valence-corrected chi connectivity index (χ1v) is 8.30. The zero-order chi connectivity index (χ0) is 15.5. The van der Waals surface area contributed by atoms with Crippen LogP contribution in [0.1, 0.15) is 23.2 Å². The largest absolute Gasteiger partial charge is 0.350 e. The molecule has 1 N–H and O–H groups in total. The van der Waals surface area contributed by atoms with Crippen molar-refractivity contribution in [2.75, 3.05) is 18.0 Å². The van der Waals surface area contributed by atoms with Gasteiger partial charge >= 0.3 is 0 Å². The lowest BCUT2D eigenvalue weighted by Gasteiger charge is -2.24. The van der Waals surface area contributed by atoms with Crippen LogP contribution in [0.5, 0.6) is 0 Å². The lowest BCUT2D eigenvalue weighted by molar-refractivity contribution is 0.0951. The first kappa shape index (κ1) is 15.2. The van der Waals surface area contributed by atoms with E-state index in [-0.39, 0.29) is 17.0 Å². The van der Waals surface area contributed by atoms with Crippen molar-refractivity contribution in [3.63, 3.8) is 0 Å². The predicted octanol–water partition coefficient (Wildman–Crippen LogP) is 3.33. The van der Waals surface area contributed by atoms with Gasteiger partial charge in [0.05, 0.1) is 10.6 Å². The molecule has 1 amide bonds. The molecule has 22 heavy (non-hydrogen) atoms. The van der Waals surface area contributed by atoms with Gasteiger partial charge in [0.1, 0.15) is 5.82 Å².